The zero-order valence-electron chi connectivity index (χ0n) is 22.8. The van der Waals surface area contributed by atoms with Crippen LogP contribution < -0.4 is 10.6 Å². The number of carbonyl (C=O) groups excluding carboxylic acids is 3. The van der Waals surface area contributed by atoms with E-state index in [-0.39, 0.29) is 49.9 Å². The Balaban J connectivity index is 1.25. The first kappa shape index (κ1) is 28.8. The molecule has 0 radical (unpaired) electrons. The molecule has 41 heavy (non-hydrogen) atoms. The van der Waals surface area contributed by atoms with Crippen LogP contribution in [0, 0.1) is 5.82 Å². The molecule has 3 aromatic carbocycles. The summed E-state index contributed by atoms with van der Waals surface area (Å²) in [6.07, 6.45) is 3.18. The van der Waals surface area contributed by atoms with E-state index in [4.69, 9.17) is 0 Å². The van der Waals surface area contributed by atoms with E-state index in [2.05, 4.69) is 10.6 Å². The van der Waals surface area contributed by atoms with Crippen LogP contribution in [-0.2, 0) is 14.8 Å². The summed E-state index contributed by atoms with van der Waals surface area (Å²) in [7, 11) is -3.34. The third-order valence-corrected chi connectivity index (χ3v) is 9.12. The lowest BCUT2D eigenvalue weighted by molar-refractivity contribution is -0.134. The standard InChI is InChI=1S/C30H33FN4O5S/c1-41(39,40)35-14-12-34(13-15-35)30(38)27(10-11-32-28-18-26(28)21-6-8-25(31)9-7-21)33-29(37)24-5-4-22-16-20(19-36)2-3-23(22)17-24/h2-9,16-17,19,26-28,32H,10-15,18H2,1H3,(H,33,37)/t26-,27+,28+/m1/s1. The van der Waals surface area contributed by atoms with Crippen LogP contribution >= 0.6 is 0 Å². The van der Waals surface area contributed by atoms with Gasteiger partial charge in [0, 0.05) is 49.3 Å². The summed E-state index contributed by atoms with van der Waals surface area (Å²) in [4.78, 5) is 39.5. The van der Waals surface area contributed by atoms with Gasteiger partial charge in [-0.05, 0) is 66.1 Å². The molecule has 0 aromatic heterocycles. The van der Waals surface area contributed by atoms with Gasteiger partial charge in [0.05, 0.1) is 6.26 Å². The van der Waals surface area contributed by atoms with Crippen molar-refractivity contribution in [2.45, 2.75) is 30.8 Å². The van der Waals surface area contributed by atoms with E-state index < -0.39 is 22.0 Å². The molecule has 1 aliphatic heterocycles. The lowest BCUT2D eigenvalue weighted by atomic mass is 10.0. The molecule has 0 unspecified atom stereocenters. The number of fused-ring (bicyclic) bond motifs is 1. The van der Waals surface area contributed by atoms with E-state index in [0.717, 1.165) is 35.3 Å². The van der Waals surface area contributed by atoms with Crippen molar-refractivity contribution in [3.8, 4) is 0 Å². The van der Waals surface area contributed by atoms with Crippen LogP contribution in [0.15, 0.2) is 60.7 Å². The van der Waals surface area contributed by atoms with Gasteiger partial charge in [0.1, 0.15) is 18.1 Å². The van der Waals surface area contributed by atoms with Crippen molar-refractivity contribution < 1.29 is 27.2 Å². The van der Waals surface area contributed by atoms with Gasteiger partial charge in [-0.15, -0.1) is 0 Å². The van der Waals surface area contributed by atoms with Gasteiger partial charge in [-0.3, -0.25) is 14.4 Å². The van der Waals surface area contributed by atoms with Gasteiger partial charge in [-0.1, -0.05) is 30.3 Å². The Labute approximate surface area is 238 Å². The summed E-state index contributed by atoms with van der Waals surface area (Å²) in [5.41, 5.74) is 1.99. The van der Waals surface area contributed by atoms with Gasteiger partial charge in [-0.25, -0.2) is 12.8 Å². The highest BCUT2D eigenvalue weighted by Gasteiger charge is 2.38. The zero-order chi connectivity index (χ0) is 29.1. The largest absolute Gasteiger partial charge is 0.340 e. The van der Waals surface area contributed by atoms with Gasteiger partial charge in [-0.2, -0.15) is 4.31 Å². The number of nitrogens with one attached hydrogen (secondary N) is 2. The predicted molar refractivity (Wildman–Crippen MR) is 154 cm³/mol. The quantitative estimate of drug-likeness (QED) is 0.356. The van der Waals surface area contributed by atoms with Crippen molar-refractivity contribution in [2.24, 2.45) is 0 Å². The first-order valence-corrected chi connectivity index (χ1v) is 15.5. The molecule has 1 saturated carbocycles. The number of halogens is 1. The number of nitrogens with zero attached hydrogens (tertiary/aromatic N) is 2. The monoisotopic (exact) mass is 580 g/mol. The van der Waals surface area contributed by atoms with Crippen molar-refractivity contribution in [1.82, 2.24) is 19.8 Å². The Kier molecular flexibility index (Phi) is 8.48. The van der Waals surface area contributed by atoms with Crippen molar-refractivity contribution in [3.05, 3.63) is 83.2 Å². The van der Waals surface area contributed by atoms with E-state index in [1.165, 1.54) is 16.4 Å². The highest BCUT2D eigenvalue weighted by atomic mass is 32.2. The maximum Gasteiger partial charge on any atom is 0.251 e. The van der Waals surface area contributed by atoms with Gasteiger partial charge in [0.25, 0.3) is 5.91 Å². The second-order valence-corrected chi connectivity index (χ2v) is 12.7. The van der Waals surface area contributed by atoms with Gasteiger partial charge >= 0.3 is 0 Å². The maximum atomic E-state index is 13.6. The van der Waals surface area contributed by atoms with Crippen LogP contribution in [0.4, 0.5) is 4.39 Å². The molecule has 1 heterocycles. The average molecular weight is 581 g/mol. The van der Waals surface area contributed by atoms with E-state index in [1.807, 2.05) is 0 Å². The van der Waals surface area contributed by atoms with Gasteiger partial charge in [0.2, 0.25) is 15.9 Å². The molecule has 3 aromatic rings. The lowest BCUT2D eigenvalue weighted by Gasteiger charge is -2.35. The third kappa shape index (κ3) is 6.98. The molecule has 0 bridgehead atoms. The van der Waals surface area contributed by atoms with Crippen LogP contribution in [0.1, 0.15) is 45.0 Å². The van der Waals surface area contributed by atoms with Crippen LogP contribution in [0.2, 0.25) is 0 Å². The minimum Gasteiger partial charge on any atom is -0.340 e. The Morgan fingerprint density at radius 1 is 1.00 bits per heavy atom. The molecule has 2 fully saturated rings. The highest BCUT2D eigenvalue weighted by molar-refractivity contribution is 7.88. The first-order valence-electron chi connectivity index (χ1n) is 13.6. The molecule has 11 heteroatoms. The number of benzene rings is 3. The van der Waals surface area contributed by atoms with E-state index >= 15 is 0 Å². The number of hydrogen-bond acceptors (Lipinski definition) is 6. The van der Waals surface area contributed by atoms with Gasteiger partial charge < -0.3 is 15.5 Å². The molecule has 2 N–H and O–H groups in total. The molecule has 1 saturated heterocycles. The fraction of sp³-hybridized carbons (Fsp3) is 0.367. The normalized spacial score (nSPS) is 20.0. The third-order valence-electron chi connectivity index (χ3n) is 7.81. The van der Waals surface area contributed by atoms with Crippen molar-refractivity contribution in [3.63, 3.8) is 0 Å². The van der Waals surface area contributed by atoms with Crippen LogP contribution in [0.3, 0.4) is 0 Å². The maximum absolute atomic E-state index is 13.6. The number of carbonyl (C=O) groups is 3. The van der Waals surface area contributed by atoms with Crippen LogP contribution in [0.5, 0.6) is 0 Å². The first-order chi connectivity index (χ1) is 19.6. The number of sulfonamides is 1. The summed E-state index contributed by atoms with van der Waals surface area (Å²) in [5, 5.41) is 7.98. The fourth-order valence-corrected chi connectivity index (χ4v) is 6.18. The summed E-state index contributed by atoms with van der Waals surface area (Å²) in [6.45, 7) is 1.39. The van der Waals surface area contributed by atoms with Crippen molar-refractivity contribution in [2.75, 3.05) is 39.0 Å². The SMILES string of the molecule is CS(=O)(=O)N1CCN(C(=O)[C@H](CCN[C@H]2C[C@@H]2c2ccc(F)cc2)NC(=O)c2ccc3cc(C=O)ccc3c2)CC1. The minimum atomic E-state index is -3.34. The van der Waals surface area contributed by atoms with Crippen molar-refractivity contribution in [1.29, 1.82) is 0 Å². The minimum absolute atomic E-state index is 0.207. The van der Waals surface area contributed by atoms with Crippen LogP contribution in [0.25, 0.3) is 10.8 Å². The summed E-state index contributed by atoms with van der Waals surface area (Å²) < 4.78 is 38.4. The molecule has 2 amide bonds. The Morgan fingerprint density at radius 3 is 2.37 bits per heavy atom. The molecule has 2 aliphatic rings. The summed E-state index contributed by atoms with van der Waals surface area (Å²) >= 11 is 0. The zero-order valence-corrected chi connectivity index (χ0v) is 23.6. The second-order valence-electron chi connectivity index (χ2n) is 10.7. The number of rotatable bonds is 10. The van der Waals surface area contributed by atoms with Gasteiger partial charge in [0.15, 0.2) is 0 Å². The van der Waals surface area contributed by atoms with Crippen LogP contribution in [-0.4, -0.2) is 86.8 Å². The molecular weight excluding hydrogens is 547 g/mol. The topological polar surface area (TPSA) is 116 Å². The lowest BCUT2D eigenvalue weighted by Crippen LogP contribution is -2.56. The summed E-state index contributed by atoms with van der Waals surface area (Å²) in [6, 6.07) is 16.2. The van der Waals surface area contributed by atoms with Crippen molar-refractivity contribution >= 4 is 38.9 Å². The molecule has 9 nitrogen and oxygen atoms in total. The molecular formula is C30H33FN4O5S. The highest BCUT2D eigenvalue weighted by Crippen LogP contribution is 2.40. The molecule has 1 aliphatic carbocycles. The average Bonchev–Trinajstić information content (AvgIpc) is 3.75. The number of hydrogen-bond donors (Lipinski definition) is 2. The molecule has 0 spiro atoms. The van der Waals surface area contributed by atoms with E-state index in [1.54, 1.807) is 53.4 Å². The van der Waals surface area contributed by atoms with E-state index in [0.29, 0.717) is 24.1 Å². The molecule has 3 atom stereocenters. The fourth-order valence-electron chi connectivity index (χ4n) is 5.35. The Hall–Kier alpha value is -3.67. The Bertz CT molecular complexity index is 1550. The number of piperazine rings is 1. The molecule has 216 valence electrons. The molecule has 5 rings (SSSR count). The predicted octanol–water partition coefficient (Wildman–Crippen LogP) is 2.53. The Morgan fingerprint density at radius 2 is 1.68 bits per heavy atom. The number of aldehydes is 1. The summed E-state index contributed by atoms with van der Waals surface area (Å²) in [5.74, 6) is -0.642. The second kappa shape index (κ2) is 12.1. The smallest absolute Gasteiger partial charge is 0.251 e. The van der Waals surface area contributed by atoms with E-state index in [9.17, 15) is 27.2 Å². The number of amides is 2.